The highest BCUT2D eigenvalue weighted by molar-refractivity contribution is 7.90. The lowest BCUT2D eigenvalue weighted by Crippen LogP contribution is -2.50. The summed E-state index contributed by atoms with van der Waals surface area (Å²) in [6, 6.07) is 9.86. The average Bonchev–Trinajstić information content (AvgIpc) is 2.80. The highest BCUT2D eigenvalue weighted by Gasteiger charge is 2.44. The number of sulfone groups is 1. The number of carbonyl (C=O) groups excluding carboxylic acids is 2. The molecule has 0 N–H and O–H groups in total. The fourth-order valence-electron chi connectivity index (χ4n) is 4.55. The molecule has 34 heavy (non-hydrogen) atoms. The molecule has 0 aromatic heterocycles. The molecule has 2 aromatic rings. The van der Waals surface area contributed by atoms with Crippen molar-refractivity contribution in [3.05, 3.63) is 70.4 Å². The number of carbonyl (C=O) groups is 2. The van der Waals surface area contributed by atoms with Crippen molar-refractivity contribution in [3.8, 4) is 6.07 Å². The molecule has 1 aliphatic heterocycles. The summed E-state index contributed by atoms with van der Waals surface area (Å²) < 4.78 is 51.8. The molecular weight excluding hydrogens is 464 g/mol. The van der Waals surface area contributed by atoms with Gasteiger partial charge in [-0.15, -0.1) is 0 Å². The van der Waals surface area contributed by atoms with Crippen LogP contribution in [-0.4, -0.2) is 38.4 Å². The lowest BCUT2D eigenvalue weighted by Gasteiger charge is -2.44. The highest BCUT2D eigenvalue weighted by Crippen LogP contribution is 2.45. The van der Waals surface area contributed by atoms with Crippen molar-refractivity contribution in [2.45, 2.75) is 36.6 Å². The van der Waals surface area contributed by atoms with E-state index < -0.39 is 28.3 Å². The van der Waals surface area contributed by atoms with Crippen LogP contribution >= 0.6 is 0 Å². The first-order valence-corrected chi connectivity index (χ1v) is 12.4. The number of benzene rings is 2. The maximum Gasteiger partial charge on any atom is 0.329 e. The predicted octanol–water partition coefficient (Wildman–Crippen LogP) is 4.52. The van der Waals surface area contributed by atoms with Gasteiger partial charge in [-0.25, -0.2) is 22.0 Å². The van der Waals surface area contributed by atoms with Crippen LogP contribution in [0, 0.1) is 11.3 Å². The zero-order valence-electron chi connectivity index (χ0n) is 18.5. The van der Waals surface area contributed by atoms with Gasteiger partial charge in [0, 0.05) is 36.6 Å². The van der Waals surface area contributed by atoms with Crippen LogP contribution in [-0.2, 0) is 14.6 Å². The molecule has 1 unspecified atom stereocenters. The molecule has 4 rings (SSSR count). The summed E-state index contributed by atoms with van der Waals surface area (Å²) in [7, 11) is -2.37. The molecule has 2 amide bonds. The van der Waals surface area contributed by atoms with Crippen molar-refractivity contribution < 1.29 is 26.8 Å². The quantitative estimate of drug-likeness (QED) is 0.634. The number of rotatable bonds is 4. The second-order valence-electron chi connectivity index (χ2n) is 8.30. The molecule has 0 saturated carbocycles. The molecule has 1 aliphatic carbocycles. The maximum absolute atomic E-state index is 13.6. The van der Waals surface area contributed by atoms with E-state index in [1.807, 2.05) is 6.07 Å². The maximum atomic E-state index is 13.6. The first-order valence-electron chi connectivity index (χ1n) is 10.5. The Balaban J connectivity index is 1.98. The molecule has 0 fully saturated rings. The molecule has 7 nitrogen and oxygen atoms in total. The predicted molar refractivity (Wildman–Crippen MR) is 120 cm³/mol. The molecule has 1 atom stereocenters. The Labute approximate surface area is 195 Å². The first kappa shape index (κ1) is 23.6. The van der Waals surface area contributed by atoms with E-state index in [1.165, 1.54) is 59.3 Å². The topological polar surface area (TPSA) is 98.5 Å². The molecule has 10 heteroatoms. The summed E-state index contributed by atoms with van der Waals surface area (Å²) in [4.78, 5) is 29.1. The number of likely N-dealkylation sites (N-methyl/N-ethyl adjacent to an activating group) is 1. The van der Waals surface area contributed by atoms with Crippen LogP contribution in [0.15, 0.2) is 58.6 Å². The Hall–Kier alpha value is -3.58. The van der Waals surface area contributed by atoms with Crippen LogP contribution < -0.4 is 4.90 Å². The number of allylic oxidation sites excluding steroid dienone is 1. The van der Waals surface area contributed by atoms with Gasteiger partial charge >= 0.3 is 6.03 Å². The number of hydrogen-bond donors (Lipinski definition) is 0. The fraction of sp³-hybridized carbons (Fsp3) is 0.292. The van der Waals surface area contributed by atoms with Gasteiger partial charge in [-0.1, -0.05) is 18.2 Å². The number of anilines is 1. The molecule has 0 spiro atoms. The summed E-state index contributed by atoms with van der Waals surface area (Å²) in [5.41, 5.74) is 0.916. The molecular formula is C24H21F2N3O4S. The standard InChI is InChI=1S/C24H21F2N3O4S/c1-28-22(17-10-9-14(13-27)11-20(17)34(2,32)33)21-18(7-4-8-19(21)30)29(24(28)31)16-6-3-5-15(12-16)23(25)26/h3,5-6,9-12,22-23H,4,7-8H2,1-2H3. The van der Waals surface area contributed by atoms with E-state index in [2.05, 4.69) is 0 Å². The lowest BCUT2D eigenvalue weighted by atomic mass is 9.83. The number of nitrogens with zero attached hydrogens (tertiary/aromatic N) is 3. The second-order valence-corrected chi connectivity index (χ2v) is 10.3. The van der Waals surface area contributed by atoms with E-state index in [9.17, 15) is 32.0 Å². The van der Waals surface area contributed by atoms with Crippen LogP contribution in [0.25, 0.3) is 0 Å². The molecule has 2 aliphatic rings. The normalized spacial score (nSPS) is 18.9. The number of alkyl halides is 2. The van der Waals surface area contributed by atoms with E-state index in [0.29, 0.717) is 18.5 Å². The Kier molecular flexibility index (Phi) is 6.00. The van der Waals surface area contributed by atoms with Gasteiger partial charge in [0.1, 0.15) is 0 Å². The number of nitriles is 1. The van der Waals surface area contributed by atoms with Gasteiger partial charge in [0.2, 0.25) is 0 Å². The largest absolute Gasteiger partial charge is 0.329 e. The van der Waals surface area contributed by atoms with E-state index in [0.717, 1.165) is 6.26 Å². The monoisotopic (exact) mass is 485 g/mol. The second kappa shape index (κ2) is 8.65. The molecule has 1 heterocycles. The van der Waals surface area contributed by atoms with E-state index in [-0.39, 0.29) is 45.1 Å². The summed E-state index contributed by atoms with van der Waals surface area (Å²) in [6.07, 6.45) is -0.702. The van der Waals surface area contributed by atoms with Crippen LogP contribution in [0.5, 0.6) is 0 Å². The first-order chi connectivity index (χ1) is 16.0. The number of urea groups is 1. The summed E-state index contributed by atoms with van der Waals surface area (Å²) >= 11 is 0. The van der Waals surface area contributed by atoms with Crippen LogP contribution in [0.1, 0.15) is 48.4 Å². The number of ketones is 1. The summed E-state index contributed by atoms with van der Waals surface area (Å²) in [6.45, 7) is 0. The number of hydrogen-bond acceptors (Lipinski definition) is 5. The Morgan fingerprint density at radius 2 is 1.85 bits per heavy atom. The van der Waals surface area contributed by atoms with Gasteiger partial charge in [-0.05, 0) is 42.7 Å². The molecule has 176 valence electrons. The third-order valence-corrected chi connectivity index (χ3v) is 7.22. The van der Waals surface area contributed by atoms with Crippen molar-refractivity contribution in [2.75, 3.05) is 18.2 Å². The van der Waals surface area contributed by atoms with Crippen LogP contribution in [0.2, 0.25) is 0 Å². The van der Waals surface area contributed by atoms with Gasteiger partial charge in [0.05, 0.1) is 28.3 Å². The van der Waals surface area contributed by atoms with Gasteiger partial charge in [-0.3, -0.25) is 9.69 Å². The van der Waals surface area contributed by atoms with E-state index in [4.69, 9.17) is 0 Å². The zero-order chi connectivity index (χ0) is 24.8. The van der Waals surface area contributed by atoms with Crippen molar-refractivity contribution in [2.24, 2.45) is 0 Å². The van der Waals surface area contributed by atoms with Gasteiger partial charge < -0.3 is 4.90 Å². The van der Waals surface area contributed by atoms with E-state index >= 15 is 0 Å². The smallest absolute Gasteiger partial charge is 0.316 e. The zero-order valence-corrected chi connectivity index (χ0v) is 19.3. The molecule has 0 bridgehead atoms. The van der Waals surface area contributed by atoms with Crippen molar-refractivity contribution in [3.63, 3.8) is 0 Å². The lowest BCUT2D eigenvalue weighted by molar-refractivity contribution is -0.116. The van der Waals surface area contributed by atoms with Crippen LogP contribution in [0.3, 0.4) is 0 Å². The van der Waals surface area contributed by atoms with Crippen LogP contribution in [0.4, 0.5) is 19.3 Å². The van der Waals surface area contributed by atoms with Gasteiger partial charge in [-0.2, -0.15) is 5.26 Å². The van der Waals surface area contributed by atoms with Crippen molar-refractivity contribution >= 4 is 27.3 Å². The minimum atomic E-state index is -3.81. The third-order valence-electron chi connectivity index (χ3n) is 6.07. The van der Waals surface area contributed by atoms with Gasteiger partial charge in [0.15, 0.2) is 15.6 Å². The molecule has 2 aromatic carbocycles. The number of halogens is 2. The minimum absolute atomic E-state index is 0.128. The van der Waals surface area contributed by atoms with Crippen molar-refractivity contribution in [1.82, 2.24) is 4.90 Å². The molecule has 0 saturated heterocycles. The summed E-state index contributed by atoms with van der Waals surface area (Å²) in [5.74, 6) is -0.246. The fourth-order valence-corrected chi connectivity index (χ4v) is 5.50. The highest BCUT2D eigenvalue weighted by atomic mass is 32.2. The number of amides is 2. The third kappa shape index (κ3) is 3.96. The number of Topliss-reactive ketones (excluding diaryl/α,β-unsaturated/α-hetero) is 1. The van der Waals surface area contributed by atoms with E-state index in [1.54, 1.807) is 0 Å². The average molecular weight is 486 g/mol. The summed E-state index contributed by atoms with van der Waals surface area (Å²) in [5, 5.41) is 9.24. The van der Waals surface area contributed by atoms with Crippen molar-refractivity contribution in [1.29, 1.82) is 5.26 Å². The van der Waals surface area contributed by atoms with Gasteiger partial charge in [0.25, 0.3) is 6.43 Å². The Morgan fingerprint density at radius 1 is 1.12 bits per heavy atom. The molecule has 0 radical (unpaired) electrons. The Bertz CT molecular complexity index is 1380. The SMILES string of the molecule is CN1C(=O)N(c2cccc(C(F)F)c2)C2=C(C(=O)CCC2)C1c1ccc(C#N)cc1S(C)(=O)=O. The minimum Gasteiger partial charge on any atom is -0.316 e. The Morgan fingerprint density at radius 3 is 2.50 bits per heavy atom.